The molecule has 5 nitrogen and oxygen atoms in total. The summed E-state index contributed by atoms with van der Waals surface area (Å²) in [6.45, 7) is 8.37. The van der Waals surface area contributed by atoms with Gasteiger partial charge in [-0.05, 0) is 49.2 Å². The quantitative estimate of drug-likeness (QED) is 0.664. The van der Waals surface area contributed by atoms with Crippen LogP contribution in [0.25, 0.3) is 10.9 Å². The lowest BCUT2D eigenvalue weighted by molar-refractivity contribution is -0.000110. The van der Waals surface area contributed by atoms with Crippen LogP contribution in [0.4, 0.5) is 0 Å². The average molecular weight is 426 g/mol. The number of aromatic nitrogens is 1. The predicted octanol–water partition coefficient (Wildman–Crippen LogP) is 4.21. The Morgan fingerprint density at radius 3 is 2.53 bits per heavy atom. The smallest absolute Gasteiger partial charge is 0.161 e. The minimum Gasteiger partial charge on any atom is -0.483 e. The van der Waals surface area contributed by atoms with Gasteiger partial charge in [-0.25, -0.2) is 0 Å². The third-order valence-electron chi connectivity index (χ3n) is 6.29. The highest BCUT2D eigenvalue weighted by atomic mass is 35.5. The highest BCUT2D eigenvalue weighted by Crippen LogP contribution is 2.33. The van der Waals surface area contributed by atoms with E-state index in [1.807, 2.05) is 30.3 Å². The zero-order chi connectivity index (χ0) is 20.5. The van der Waals surface area contributed by atoms with E-state index in [9.17, 15) is 0 Å². The van der Waals surface area contributed by atoms with Gasteiger partial charge in [-0.1, -0.05) is 23.7 Å². The van der Waals surface area contributed by atoms with Crippen molar-refractivity contribution < 1.29 is 9.47 Å². The summed E-state index contributed by atoms with van der Waals surface area (Å²) < 4.78 is 12.3. The molecule has 5 rings (SSSR count). The molecule has 2 aliphatic rings. The minimum atomic E-state index is 0.0617. The first kappa shape index (κ1) is 19.7. The van der Waals surface area contributed by atoms with Gasteiger partial charge in [0.1, 0.15) is 12.2 Å². The number of fused-ring (bicyclic) bond motifs is 2. The molecule has 0 bridgehead atoms. The Labute approximate surface area is 182 Å². The SMILES string of the molecule is CC1Oc2ccccc2OC1CN1CCN(CCc2c[nH]c3ccc(Cl)cc23)CC1. The number of aromatic amines is 1. The molecule has 3 aromatic rings. The summed E-state index contributed by atoms with van der Waals surface area (Å²) in [6, 6.07) is 14.0. The molecular formula is C24H28ClN3O2. The number of piperazine rings is 1. The van der Waals surface area contributed by atoms with Crippen LogP contribution >= 0.6 is 11.6 Å². The summed E-state index contributed by atoms with van der Waals surface area (Å²) in [4.78, 5) is 8.41. The molecule has 30 heavy (non-hydrogen) atoms. The Balaban J connectivity index is 1.12. The van der Waals surface area contributed by atoms with Crippen LogP contribution in [0.2, 0.25) is 5.02 Å². The summed E-state index contributed by atoms with van der Waals surface area (Å²) in [7, 11) is 0. The molecule has 1 N–H and O–H groups in total. The maximum Gasteiger partial charge on any atom is 0.161 e. The van der Waals surface area contributed by atoms with E-state index in [-0.39, 0.29) is 12.2 Å². The van der Waals surface area contributed by atoms with E-state index >= 15 is 0 Å². The van der Waals surface area contributed by atoms with Crippen molar-refractivity contribution in [3.63, 3.8) is 0 Å². The summed E-state index contributed by atoms with van der Waals surface area (Å²) in [6.07, 6.45) is 3.29. The molecule has 1 fully saturated rings. The zero-order valence-corrected chi connectivity index (χ0v) is 18.1. The summed E-state index contributed by atoms with van der Waals surface area (Å²) in [5, 5.41) is 2.03. The number of halogens is 1. The fourth-order valence-corrected chi connectivity index (χ4v) is 4.62. The normalized spacial score (nSPS) is 22.5. The first-order valence-electron chi connectivity index (χ1n) is 10.8. The van der Waals surface area contributed by atoms with Gasteiger partial charge in [0.25, 0.3) is 0 Å². The van der Waals surface area contributed by atoms with E-state index in [0.29, 0.717) is 0 Å². The van der Waals surface area contributed by atoms with Crippen LogP contribution in [-0.2, 0) is 6.42 Å². The molecule has 0 radical (unpaired) electrons. The molecule has 6 heteroatoms. The molecule has 0 amide bonds. The van der Waals surface area contributed by atoms with Crippen molar-refractivity contribution in [2.45, 2.75) is 25.6 Å². The Morgan fingerprint density at radius 1 is 1.00 bits per heavy atom. The number of H-pyrrole nitrogens is 1. The lowest BCUT2D eigenvalue weighted by Crippen LogP contribution is -2.52. The molecule has 2 aliphatic heterocycles. The topological polar surface area (TPSA) is 40.7 Å². The standard InChI is InChI=1S/C24H28ClN3O2/c1-17-24(30-23-5-3-2-4-22(23)29-17)16-28-12-10-27(11-13-28)9-8-18-15-26-21-7-6-19(25)14-20(18)21/h2-7,14-15,17,24,26H,8-13,16H2,1H3. The van der Waals surface area contributed by atoms with Gasteiger partial charge in [-0.2, -0.15) is 0 Å². The van der Waals surface area contributed by atoms with Crippen molar-refractivity contribution in [2.75, 3.05) is 39.3 Å². The number of hydrogen-bond donors (Lipinski definition) is 1. The fourth-order valence-electron chi connectivity index (χ4n) is 4.45. The van der Waals surface area contributed by atoms with Crippen LogP contribution in [0, 0.1) is 0 Å². The molecule has 1 saturated heterocycles. The monoisotopic (exact) mass is 425 g/mol. The predicted molar refractivity (Wildman–Crippen MR) is 121 cm³/mol. The Hall–Kier alpha value is -2.21. The average Bonchev–Trinajstić information content (AvgIpc) is 3.16. The molecule has 158 valence electrons. The number of rotatable bonds is 5. The first-order chi connectivity index (χ1) is 14.7. The summed E-state index contributed by atoms with van der Waals surface area (Å²) in [5.74, 6) is 1.71. The third kappa shape index (κ3) is 4.15. The van der Waals surface area contributed by atoms with Crippen molar-refractivity contribution in [3.8, 4) is 11.5 Å². The van der Waals surface area contributed by atoms with Crippen LogP contribution in [0.3, 0.4) is 0 Å². The van der Waals surface area contributed by atoms with Gasteiger partial charge in [-0.3, -0.25) is 4.90 Å². The fraction of sp³-hybridized carbons (Fsp3) is 0.417. The minimum absolute atomic E-state index is 0.0617. The first-order valence-corrected chi connectivity index (χ1v) is 11.2. The maximum atomic E-state index is 6.23. The lowest BCUT2D eigenvalue weighted by atomic mass is 10.1. The van der Waals surface area contributed by atoms with Crippen molar-refractivity contribution in [1.29, 1.82) is 0 Å². The molecule has 2 atom stereocenters. The molecule has 2 unspecified atom stereocenters. The Morgan fingerprint density at radius 2 is 1.73 bits per heavy atom. The summed E-state index contributed by atoms with van der Waals surface area (Å²) >= 11 is 6.18. The lowest BCUT2D eigenvalue weighted by Gasteiger charge is -2.39. The highest BCUT2D eigenvalue weighted by Gasteiger charge is 2.30. The Kier molecular flexibility index (Phi) is 5.59. The van der Waals surface area contributed by atoms with Crippen LogP contribution in [0.15, 0.2) is 48.7 Å². The molecular weight excluding hydrogens is 398 g/mol. The number of para-hydroxylation sites is 2. The van der Waals surface area contributed by atoms with Gasteiger partial charge in [-0.15, -0.1) is 0 Å². The van der Waals surface area contributed by atoms with E-state index in [1.54, 1.807) is 0 Å². The van der Waals surface area contributed by atoms with Crippen molar-refractivity contribution in [2.24, 2.45) is 0 Å². The second kappa shape index (κ2) is 8.50. The second-order valence-corrected chi connectivity index (χ2v) is 8.76. The van der Waals surface area contributed by atoms with Crippen molar-refractivity contribution >= 4 is 22.5 Å². The van der Waals surface area contributed by atoms with Crippen LogP contribution in [0.5, 0.6) is 11.5 Å². The van der Waals surface area contributed by atoms with Crippen LogP contribution in [0.1, 0.15) is 12.5 Å². The van der Waals surface area contributed by atoms with Gasteiger partial charge in [0, 0.05) is 61.4 Å². The second-order valence-electron chi connectivity index (χ2n) is 8.32. The number of nitrogens with zero attached hydrogens (tertiary/aromatic N) is 2. The number of nitrogens with one attached hydrogen (secondary N) is 1. The molecule has 1 aromatic heterocycles. The third-order valence-corrected chi connectivity index (χ3v) is 6.53. The zero-order valence-electron chi connectivity index (χ0n) is 17.3. The van der Waals surface area contributed by atoms with Gasteiger partial charge < -0.3 is 19.4 Å². The number of hydrogen-bond acceptors (Lipinski definition) is 4. The van der Waals surface area contributed by atoms with E-state index in [4.69, 9.17) is 21.1 Å². The van der Waals surface area contributed by atoms with Crippen LogP contribution < -0.4 is 9.47 Å². The molecule has 3 heterocycles. The van der Waals surface area contributed by atoms with E-state index in [2.05, 4.69) is 40.0 Å². The molecule has 0 spiro atoms. The van der Waals surface area contributed by atoms with Crippen molar-refractivity contribution in [1.82, 2.24) is 14.8 Å². The van der Waals surface area contributed by atoms with E-state index in [1.165, 1.54) is 10.9 Å². The maximum absolute atomic E-state index is 6.23. The van der Waals surface area contributed by atoms with E-state index in [0.717, 1.165) is 67.7 Å². The van der Waals surface area contributed by atoms with E-state index < -0.39 is 0 Å². The van der Waals surface area contributed by atoms with Gasteiger partial charge in [0.2, 0.25) is 0 Å². The number of ether oxygens (including phenoxy) is 2. The summed E-state index contributed by atoms with van der Waals surface area (Å²) in [5.41, 5.74) is 2.50. The van der Waals surface area contributed by atoms with Crippen molar-refractivity contribution in [3.05, 3.63) is 59.2 Å². The van der Waals surface area contributed by atoms with Crippen LogP contribution in [-0.4, -0.2) is 66.3 Å². The number of benzene rings is 2. The molecule has 0 aliphatic carbocycles. The highest BCUT2D eigenvalue weighted by molar-refractivity contribution is 6.31. The van der Waals surface area contributed by atoms with Gasteiger partial charge >= 0.3 is 0 Å². The van der Waals surface area contributed by atoms with Gasteiger partial charge in [0.05, 0.1) is 0 Å². The molecule has 0 saturated carbocycles. The van der Waals surface area contributed by atoms with Gasteiger partial charge in [0.15, 0.2) is 11.5 Å². The molecule has 2 aromatic carbocycles. The Bertz CT molecular complexity index is 1010. The largest absolute Gasteiger partial charge is 0.483 e.